The molecule has 0 heterocycles. The maximum absolute atomic E-state index is 11.4. The third-order valence-electron chi connectivity index (χ3n) is 3.48. The number of ether oxygens (including phenoxy) is 1. The molecule has 2 rings (SSSR count). The largest absolute Gasteiger partial charge is 0.457 e. The smallest absolute Gasteiger partial charge is 0.292 e. The Labute approximate surface area is 147 Å². The monoisotopic (exact) mass is 342 g/mol. The predicted molar refractivity (Wildman–Crippen MR) is 97.2 cm³/mol. The lowest BCUT2D eigenvalue weighted by Crippen LogP contribution is -2.27. The van der Waals surface area contributed by atoms with Crippen LogP contribution in [0.15, 0.2) is 48.5 Å². The predicted octanol–water partition coefficient (Wildman–Crippen LogP) is 4.80. The van der Waals surface area contributed by atoms with E-state index in [4.69, 9.17) is 4.74 Å². The standard InChI is InChI=1S/C19H22N2O4/c1-19(2,3)12-14(13-22)20-17-11-16(9-10-18(17)21(23)24)25-15-7-5-4-6-8-15/h4-11,13-14,20H,12H2,1-3H3/t14-/m1/s1. The van der Waals surface area contributed by atoms with E-state index in [1.54, 1.807) is 18.2 Å². The first kappa shape index (κ1) is 18.4. The average molecular weight is 342 g/mol. The van der Waals surface area contributed by atoms with Gasteiger partial charge in [-0.25, -0.2) is 0 Å². The number of rotatable bonds is 7. The second-order valence-corrected chi connectivity index (χ2v) is 7.00. The molecule has 0 aromatic heterocycles. The molecule has 6 nitrogen and oxygen atoms in total. The van der Waals surface area contributed by atoms with Crippen molar-refractivity contribution in [2.75, 3.05) is 5.32 Å². The maximum Gasteiger partial charge on any atom is 0.292 e. The van der Waals surface area contributed by atoms with E-state index in [1.165, 1.54) is 12.1 Å². The molecule has 0 fully saturated rings. The van der Waals surface area contributed by atoms with E-state index < -0.39 is 11.0 Å². The highest BCUT2D eigenvalue weighted by molar-refractivity contribution is 5.71. The van der Waals surface area contributed by atoms with Gasteiger partial charge in [-0.15, -0.1) is 0 Å². The van der Waals surface area contributed by atoms with Gasteiger partial charge in [-0.05, 0) is 30.0 Å². The number of nitrogens with zero attached hydrogens (tertiary/aromatic N) is 1. The topological polar surface area (TPSA) is 81.5 Å². The van der Waals surface area contributed by atoms with Crippen molar-refractivity contribution in [1.82, 2.24) is 0 Å². The SMILES string of the molecule is CC(C)(C)C[C@H](C=O)Nc1cc(Oc2ccccc2)ccc1[N+](=O)[O-]. The quantitative estimate of drug-likeness (QED) is 0.444. The van der Waals surface area contributed by atoms with E-state index in [0.29, 0.717) is 17.9 Å². The van der Waals surface area contributed by atoms with Crippen LogP contribution >= 0.6 is 0 Å². The Morgan fingerprint density at radius 1 is 1.16 bits per heavy atom. The van der Waals surface area contributed by atoms with E-state index in [9.17, 15) is 14.9 Å². The molecule has 0 aliphatic carbocycles. The number of nitro groups is 1. The first-order chi connectivity index (χ1) is 11.8. The van der Waals surface area contributed by atoms with E-state index in [1.807, 2.05) is 39.0 Å². The van der Waals surface area contributed by atoms with Crippen LogP contribution in [0.25, 0.3) is 0 Å². The Hall–Kier alpha value is -2.89. The van der Waals surface area contributed by atoms with Crippen LogP contribution in [0.2, 0.25) is 0 Å². The van der Waals surface area contributed by atoms with Crippen LogP contribution in [0, 0.1) is 15.5 Å². The molecule has 2 aromatic carbocycles. The number of para-hydroxylation sites is 1. The van der Waals surface area contributed by atoms with Gasteiger partial charge in [0.15, 0.2) is 0 Å². The Morgan fingerprint density at radius 2 is 1.84 bits per heavy atom. The van der Waals surface area contributed by atoms with E-state index in [2.05, 4.69) is 5.32 Å². The van der Waals surface area contributed by atoms with Gasteiger partial charge < -0.3 is 14.8 Å². The zero-order chi connectivity index (χ0) is 18.4. The lowest BCUT2D eigenvalue weighted by molar-refractivity contribution is -0.384. The molecule has 0 amide bonds. The number of anilines is 1. The molecule has 0 aliphatic rings. The number of hydrogen-bond acceptors (Lipinski definition) is 5. The van der Waals surface area contributed by atoms with Gasteiger partial charge >= 0.3 is 0 Å². The Bertz CT molecular complexity index is 739. The minimum absolute atomic E-state index is 0.0918. The maximum atomic E-state index is 11.4. The van der Waals surface area contributed by atoms with Gasteiger partial charge in [0.2, 0.25) is 0 Å². The minimum atomic E-state index is -0.523. The number of nitrogens with one attached hydrogen (secondary N) is 1. The molecule has 0 saturated heterocycles. The fourth-order valence-corrected chi connectivity index (χ4v) is 2.47. The van der Waals surface area contributed by atoms with Crippen molar-refractivity contribution in [1.29, 1.82) is 0 Å². The van der Waals surface area contributed by atoms with E-state index >= 15 is 0 Å². The molecule has 132 valence electrons. The summed E-state index contributed by atoms with van der Waals surface area (Å²) in [6.45, 7) is 6.03. The summed E-state index contributed by atoms with van der Waals surface area (Å²) >= 11 is 0. The second kappa shape index (κ2) is 7.79. The summed E-state index contributed by atoms with van der Waals surface area (Å²) in [5, 5.41) is 14.3. The average Bonchev–Trinajstić information content (AvgIpc) is 2.54. The number of carbonyl (C=O) groups excluding carboxylic acids is 1. The molecule has 25 heavy (non-hydrogen) atoms. The molecule has 2 aromatic rings. The van der Waals surface area contributed by atoms with Crippen molar-refractivity contribution in [3.05, 3.63) is 58.6 Å². The molecule has 0 unspecified atom stereocenters. The first-order valence-electron chi connectivity index (χ1n) is 8.02. The van der Waals surface area contributed by atoms with Crippen LogP contribution in [-0.4, -0.2) is 17.3 Å². The molecule has 0 spiro atoms. The molecular weight excluding hydrogens is 320 g/mol. The summed E-state index contributed by atoms with van der Waals surface area (Å²) < 4.78 is 5.72. The zero-order valence-electron chi connectivity index (χ0n) is 14.6. The van der Waals surface area contributed by atoms with Crippen molar-refractivity contribution in [3.63, 3.8) is 0 Å². The third-order valence-corrected chi connectivity index (χ3v) is 3.48. The summed E-state index contributed by atoms with van der Waals surface area (Å²) in [6, 6.07) is 13.1. The number of hydrogen-bond donors (Lipinski definition) is 1. The van der Waals surface area contributed by atoms with Gasteiger partial charge in [-0.1, -0.05) is 39.0 Å². The van der Waals surface area contributed by atoms with Crippen LogP contribution in [0.4, 0.5) is 11.4 Å². The molecular formula is C19H22N2O4. The van der Waals surface area contributed by atoms with Crippen LogP contribution in [-0.2, 0) is 4.79 Å². The molecule has 0 saturated carbocycles. The van der Waals surface area contributed by atoms with Gasteiger partial charge in [0.1, 0.15) is 23.5 Å². The van der Waals surface area contributed by atoms with E-state index in [0.717, 1.165) is 6.29 Å². The van der Waals surface area contributed by atoms with Crippen LogP contribution in [0.3, 0.4) is 0 Å². The molecule has 0 radical (unpaired) electrons. The molecule has 0 aliphatic heterocycles. The lowest BCUT2D eigenvalue weighted by Gasteiger charge is -2.23. The fraction of sp³-hybridized carbons (Fsp3) is 0.316. The first-order valence-corrected chi connectivity index (χ1v) is 8.02. The summed E-state index contributed by atoms with van der Waals surface area (Å²) in [4.78, 5) is 22.2. The summed E-state index contributed by atoms with van der Waals surface area (Å²) in [5.74, 6) is 1.09. The van der Waals surface area contributed by atoms with Crippen molar-refractivity contribution in [2.45, 2.75) is 33.2 Å². The zero-order valence-corrected chi connectivity index (χ0v) is 14.6. The Balaban J connectivity index is 2.28. The highest BCUT2D eigenvalue weighted by Crippen LogP contribution is 2.33. The Morgan fingerprint density at radius 3 is 2.40 bits per heavy atom. The van der Waals surface area contributed by atoms with Crippen molar-refractivity contribution in [2.24, 2.45) is 5.41 Å². The molecule has 1 atom stereocenters. The molecule has 6 heteroatoms. The normalized spacial score (nSPS) is 12.3. The number of nitro benzene ring substituents is 1. The van der Waals surface area contributed by atoms with Gasteiger partial charge in [-0.2, -0.15) is 0 Å². The van der Waals surface area contributed by atoms with E-state index in [-0.39, 0.29) is 16.8 Å². The lowest BCUT2D eigenvalue weighted by atomic mass is 9.88. The second-order valence-electron chi connectivity index (χ2n) is 7.00. The summed E-state index contributed by atoms with van der Waals surface area (Å²) in [7, 11) is 0. The minimum Gasteiger partial charge on any atom is -0.457 e. The van der Waals surface area contributed by atoms with Crippen LogP contribution < -0.4 is 10.1 Å². The number of carbonyl (C=O) groups is 1. The van der Waals surface area contributed by atoms with Crippen molar-refractivity contribution >= 4 is 17.7 Å². The van der Waals surface area contributed by atoms with Crippen LogP contribution in [0.5, 0.6) is 11.5 Å². The van der Waals surface area contributed by atoms with Crippen molar-refractivity contribution < 1.29 is 14.5 Å². The fourth-order valence-electron chi connectivity index (χ4n) is 2.47. The van der Waals surface area contributed by atoms with Gasteiger partial charge in [0.05, 0.1) is 11.0 Å². The molecule has 1 N–H and O–H groups in total. The summed E-state index contributed by atoms with van der Waals surface area (Å²) in [6.07, 6.45) is 1.33. The Kier molecular flexibility index (Phi) is 5.75. The highest BCUT2D eigenvalue weighted by atomic mass is 16.6. The van der Waals surface area contributed by atoms with Crippen molar-refractivity contribution in [3.8, 4) is 11.5 Å². The number of benzene rings is 2. The number of aldehydes is 1. The molecule has 0 bridgehead atoms. The van der Waals surface area contributed by atoms with Crippen LogP contribution in [0.1, 0.15) is 27.2 Å². The van der Waals surface area contributed by atoms with Gasteiger partial charge in [0.25, 0.3) is 5.69 Å². The third kappa shape index (κ3) is 5.60. The highest BCUT2D eigenvalue weighted by Gasteiger charge is 2.22. The summed E-state index contributed by atoms with van der Waals surface area (Å²) in [5.41, 5.74) is 0.0758. The van der Waals surface area contributed by atoms with Gasteiger partial charge in [0, 0.05) is 12.1 Å². The van der Waals surface area contributed by atoms with Gasteiger partial charge in [-0.3, -0.25) is 10.1 Å².